The second-order valence-electron chi connectivity index (χ2n) is 5.78. The Balaban J connectivity index is 1.83. The molecule has 0 aliphatic carbocycles. The highest BCUT2D eigenvalue weighted by Gasteiger charge is 2.31. The molecule has 23 heavy (non-hydrogen) atoms. The summed E-state index contributed by atoms with van der Waals surface area (Å²) in [7, 11) is 0. The van der Waals surface area contributed by atoms with Crippen LogP contribution in [0.4, 0.5) is 5.69 Å². The van der Waals surface area contributed by atoms with Crippen LogP contribution in [0, 0.1) is 0 Å². The van der Waals surface area contributed by atoms with Crippen molar-refractivity contribution in [3.05, 3.63) is 52.0 Å². The lowest BCUT2D eigenvalue weighted by atomic mass is 9.83. The third-order valence-electron chi connectivity index (χ3n) is 3.84. The summed E-state index contributed by atoms with van der Waals surface area (Å²) >= 11 is 11.9. The predicted molar refractivity (Wildman–Crippen MR) is 90.7 cm³/mol. The molecule has 2 aromatic carbocycles. The molecular weight excluding hydrogens is 337 g/mol. The zero-order chi connectivity index (χ0) is 16.6. The first-order chi connectivity index (χ1) is 10.9. The third kappa shape index (κ3) is 3.09. The highest BCUT2D eigenvalue weighted by molar-refractivity contribution is 6.42. The van der Waals surface area contributed by atoms with E-state index in [0.29, 0.717) is 27.2 Å². The van der Waals surface area contributed by atoms with Crippen LogP contribution in [-0.2, 0) is 10.2 Å². The molecule has 0 bridgehead atoms. The van der Waals surface area contributed by atoms with Crippen molar-refractivity contribution in [1.29, 1.82) is 0 Å². The maximum absolute atomic E-state index is 12.7. The summed E-state index contributed by atoms with van der Waals surface area (Å²) in [6, 6.07) is 10.5. The molecule has 1 amide bonds. The quantitative estimate of drug-likeness (QED) is 0.876. The van der Waals surface area contributed by atoms with E-state index in [4.69, 9.17) is 32.7 Å². The molecule has 0 fully saturated rings. The van der Waals surface area contributed by atoms with Gasteiger partial charge in [-0.25, -0.2) is 0 Å². The molecule has 4 nitrogen and oxygen atoms in total. The highest BCUT2D eigenvalue weighted by atomic mass is 35.5. The molecule has 1 N–H and O–H groups in total. The Morgan fingerprint density at radius 2 is 1.78 bits per heavy atom. The summed E-state index contributed by atoms with van der Waals surface area (Å²) in [4.78, 5) is 12.7. The molecule has 1 heterocycles. The molecule has 3 rings (SSSR count). The van der Waals surface area contributed by atoms with E-state index in [1.165, 1.54) is 0 Å². The van der Waals surface area contributed by atoms with Gasteiger partial charge in [-0.3, -0.25) is 4.79 Å². The van der Waals surface area contributed by atoms with Crippen molar-refractivity contribution >= 4 is 34.8 Å². The van der Waals surface area contributed by atoms with Crippen molar-refractivity contribution < 1.29 is 14.3 Å². The maximum Gasteiger partial charge on any atom is 0.234 e. The van der Waals surface area contributed by atoms with E-state index >= 15 is 0 Å². The van der Waals surface area contributed by atoms with Crippen molar-refractivity contribution in [1.82, 2.24) is 0 Å². The smallest absolute Gasteiger partial charge is 0.234 e. The van der Waals surface area contributed by atoms with Crippen LogP contribution in [0.3, 0.4) is 0 Å². The number of anilines is 1. The summed E-state index contributed by atoms with van der Waals surface area (Å²) in [5, 5.41) is 3.70. The topological polar surface area (TPSA) is 47.6 Å². The predicted octanol–water partition coefficient (Wildman–Crippen LogP) is 4.64. The fourth-order valence-electron chi connectivity index (χ4n) is 2.28. The van der Waals surface area contributed by atoms with Crippen LogP contribution in [0.1, 0.15) is 19.4 Å². The average Bonchev–Trinajstić information content (AvgIpc) is 2.98. The van der Waals surface area contributed by atoms with E-state index < -0.39 is 5.41 Å². The summed E-state index contributed by atoms with van der Waals surface area (Å²) < 4.78 is 10.7. The molecule has 1 aliphatic heterocycles. The molecule has 0 spiro atoms. The molecule has 6 heteroatoms. The lowest BCUT2D eigenvalue weighted by Crippen LogP contribution is -2.34. The second-order valence-corrected chi connectivity index (χ2v) is 6.59. The van der Waals surface area contributed by atoms with Crippen LogP contribution in [0.15, 0.2) is 36.4 Å². The van der Waals surface area contributed by atoms with Gasteiger partial charge in [-0.05, 0) is 49.7 Å². The fraction of sp³-hybridized carbons (Fsp3) is 0.235. The van der Waals surface area contributed by atoms with Gasteiger partial charge >= 0.3 is 0 Å². The Bertz CT molecular complexity index is 774. The van der Waals surface area contributed by atoms with E-state index in [9.17, 15) is 4.79 Å². The first-order valence-electron chi connectivity index (χ1n) is 7.04. The van der Waals surface area contributed by atoms with Crippen molar-refractivity contribution in [3.8, 4) is 11.5 Å². The van der Waals surface area contributed by atoms with Gasteiger partial charge < -0.3 is 14.8 Å². The van der Waals surface area contributed by atoms with Gasteiger partial charge in [0.05, 0.1) is 15.5 Å². The number of carbonyl (C=O) groups is 1. The minimum Gasteiger partial charge on any atom is -0.454 e. The SMILES string of the molecule is CC(C)(C(=O)Nc1ccc(Cl)c(Cl)c1)c1ccc2c(c1)OCO2. The van der Waals surface area contributed by atoms with Gasteiger partial charge in [0.1, 0.15) is 0 Å². The summed E-state index contributed by atoms with van der Waals surface area (Å²) in [6.07, 6.45) is 0. The van der Waals surface area contributed by atoms with Crippen molar-refractivity contribution in [2.45, 2.75) is 19.3 Å². The number of benzene rings is 2. The number of amides is 1. The van der Waals surface area contributed by atoms with Gasteiger partial charge in [0.2, 0.25) is 12.7 Å². The summed E-state index contributed by atoms with van der Waals surface area (Å²) in [5.41, 5.74) is 0.671. The minimum atomic E-state index is -0.757. The van der Waals surface area contributed by atoms with Crippen molar-refractivity contribution in [3.63, 3.8) is 0 Å². The Hall–Kier alpha value is -1.91. The number of fused-ring (bicyclic) bond motifs is 1. The zero-order valence-electron chi connectivity index (χ0n) is 12.7. The molecule has 0 unspecified atom stereocenters. The highest BCUT2D eigenvalue weighted by Crippen LogP contribution is 2.37. The lowest BCUT2D eigenvalue weighted by Gasteiger charge is -2.24. The van der Waals surface area contributed by atoms with Gasteiger partial charge in [-0.15, -0.1) is 0 Å². The standard InChI is InChI=1S/C17H15Cl2NO3/c1-17(2,10-3-6-14-15(7-10)23-9-22-14)16(21)20-11-4-5-12(18)13(19)8-11/h3-8H,9H2,1-2H3,(H,20,21). The normalized spacial score (nSPS) is 13.0. The van der Waals surface area contributed by atoms with Gasteiger partial charge in [0.15, 0.2) is 11.5 Å². The molecular formula is C17H15Cl2NO3. The van der Waals surface area contributed by atoms with Crippen LogP contribution in [0.2, 0.25) is 10.0 Å². The summed E-state index contributed by atoms with van der Waals surface area (Å²) in [6.45, 7) is 3.89. The Morgan fingerprint density at radius 1 is 1.04 bits per heavy atom. The number of ether oxygens (including phenoxy) is 2. The number of nitrogens with one attached hydrogen (secondary N) is 1. The Labute approximate surface area is 144 Å². The van der Waals surface area contributed by atoms with Crippen molar-refractivity contribution in [2.24, 2.45) is 0 Å². The lowest BCUT2D eigenvalue weighted by molar-refractivity contribution is -0.120. The van der Waals surface area contributed by atoms with Crippen LogP contribution in [-0.4, -0.2) is 12.7 Å². The van der Waals surface area contributed by atoms with Crippen LogP contribution in [0.5, 0.6) is 11.5 Å². The average molecular weight is 352 g/mol. The third-order valence-corrected chi connectivity index (χ3v) is 4.58. The summed E-state index contributed by atoms with van der Waals surface area (Å²) in [5.74, 6) is 1.18. The molecule has 0 radical (unpaired) electrons. The molecule has 120 valence electrons. The zero-order valence-corrected chi connectivity index (χ0v) is 14.2. The molecule has 1 aliphatic rings. The fourth-order valence-corrected chi connectivity index (χ4v) is 2.58. The minimum absolute atomic E-state index is 0.158. The van der Waals surface area contributed by atoms with Gasteiger partial charge in [-0.1, -0.05) is 29.3 Å². The first kappa shape index (κ1) is 16.0. The molecule has 2 aromatic rings. The van der Waals surface area contributed by atoms with E-state index in [1.54, 1.807) is 18.2 Å². The van der Waals surface area contributed by atoms with Gasteiger partial charge in [0, 0.05) is 5.69 Å². The van der Waals surface area contributed by atoms with Crippen LogP contribution in [0.25, 0.3) is 0 Å². The largest absolute Gasteiger partial charge is 0.454 e. The van der Waals surface area contributed by atoms with Crippen molar-refractivity contribution in [2.75, 3.05) is 12.1 Å². The van der Waals surface area contributed by atoms with Crippen LogP contribution < -0.4 is 14.8 Å². The van der Waals surface area contributed by atoms with Gasteiger partial charge in [-0.2, -0.15) is 0 Å². The monoisotopic (exact) mass is 351 g/mol. The van der Waals surface area contributed by atoms with E-state index in [-0.39, 0.29) is 12.7 Å². The molecule has 0 saturated carbocycles. The number of rotatable bonds is 3. The van der Waals surface area contributed by atoms with Gasteiger partial charge in [0.25, 0.3) is 0 Å². The number of halogens is 2. The number of carbonyl (C=O) groups excluding carboxylic acids is 1. The Kier molecular flexibility index (Phi) is 4.13. The number of hydrogen-bond acceptors (Lipinski definition) is 3. The van der Waals surface area contributed by atoms with E-state index in [1.807, 2.05) is 32.0 Å². The van der Waals surface area contributed by atoms with Crippen LogP contribution >= 0.6 is 23.2 Å². The Morgan fingerprint density at radius 3 is 2.52 bits per heavy atom. The van der Waals surface area contributed by atoms with E-state index in [0.717, 1.165) is 5.56 Å². The van der Waals surface area contributed by atoms with E-state index in [2.05, 4.69) is 5.32 Å². The second kappa shape index (κ2) is 5.95. The molecule has 0 atom stereocenters. The first-order valence-corrected chi connectivity index (χ1v) is 7.80. The molecule has 0 aromatic heterocycles. The number of hydrogen-bond donors (Lipinski definition) is 1. The molecule has 0 saturated heterocycles. The maximum atomic E-state index is 12.7.